The molecule has 0 nitrogen and oxygen atoms in total. The highest BCUT2D eigenvalue weighted by atomic mass is 35.5. The van der Waals surface area contributed by atoms with Crippen molar-refractivity contribution in [2.45, 2.75) is 12.3 Å². The van der Waals surface area contributed by atoms with Gasteiger partial charge in [-0.2, -0.15) is 0 Å². The molecule has 1 aromatic carbocycles. The van der Waals surface area contributed by atoms with E-state index in [9.17, 15) is 0 Å². The third kappa shape index (κ3) is 1.61. The van der Waals surface area contributed by atoms with Crippen molar-refractivity contribution in [1.82, 2.24) is 0 Å². The SMILES string of the molecule is CC(Cl)c1ccccc1[SiH3]. The molecule has 10 heavy (non-hydrogen) atoms. The van der Waals surface area contributed by atoms with E-state index in [0.717, 1.165) is 10.2 Å². The van der Waals surface area contributed by atoms with E-state index in [2.05, 4.69) is 18.2 Å². The van der Waals surface area contributed by atoms with Crippen LogP contribution in [-0.4, -0.2) is 10.2 Å². The van der Waals surface area contributed by atoms with Crippen LogP contribution in [0.5, 0.6) is 0 Å². The normalized spacial score (nSPS) is 13.4. The largest absolute Gasteiger partial charge is 0.118 e. The molecule has 1 aromatic rings. The van der Waals surface area contributed by atoms with Gasteiger partial charge in [0.05, 0.1) is 5.38 Å². The highest BCUT2D eigenvalue weighted by Gasteiger charge is 2.01. The second-order valence-corrected chi connectivity index (χ2v) is 4.20. The molecule has 0 spiro atoms. The van der Waals surface area contributed by atoms with Crippen molar-refractivity contribution in [2.24, 2.45) is 0 Å². The van der Waals surface area contributed by atoms with E-state index >= 15 is 0 Å². The second-order valence-electron chi connectivity index (χ2n) is 2.47. The molecule has 0 aliphatic heterocycles. The lowest BCUT2D eigenvalue weighted by Crippen LogP contribution is -2.09. The van der Waals surface area contributed by atoms with Gasteiger partial charge in [-0.1, -0.05) is 29.5 Å². The van der Waals surface area contributed by atoms with Crippen LogP contribution in [0.2, 0.25) is 0 Å². The molecule has 0 saturated heterocycles. The van der Waals surface area contributed by atoms with Crippen LogP contribution in [-0.2, 0) is 0 Å². The molecule has 0 bridgehead atoms. The van der Waals surface area contributed by atoms with E-state index < -0.39 is 0 Å². The van der Waals surface area contributed by atoms with Crippen LogP contribution < -0.4 is 5.19 Å². The molecule has 0 aliphatic carbocycles. The molecule has 0 amide bonds. The zero-order chi connectivity index (χ0) is 7.56. The molecule has 1 unspecified atom stereocenters. The van der Waals surface area contributed by atoms with Crippen molar-refractivity contribution >= 4 is 27.0 Å². The molecule has 2 heteroatoms. The van der Waals surface area contributed by atoms with Crippen LogP contribution in [0, 0.1) is 0 Å². The lowest BCUT2D eigenvalue weighted by molar-refractivity contribution is 1.10. The Kier molecular flexibility index (Phi) is 2.52. The molecule has 0 heterocycles. The van der Waals surface area contributed by atoms with Gasteiger partial charge in [-0.3, -0.25) is 0 Å². The van der Waals surface area contributed by atoms with E-state index in [4.69, 9.17) is 11.6 Å². The number of hydrogen-bond acceptors (Lipinski definition) is 0. The second kappa shape index (κ2) is 3.22. The van der Waals surface area contributed by atoms with E-state index in [1.165, 1.54) is 10.8 Å². The van der Waals surface area contributed by atoms with Crippen molar-refractivity contribution in [3.8, 4) is 0 Å². The average Bonchev–Trinajstić information content (AvgIpc) is 1.88. The van der Waals surface area contributed by atoms with E-state index in [0.29, 0.717) is 0 Å². The number of rotatable bonds is 1. The van der Waals surface area contributed by atoms with Crippen LogP contribution in [0.1, 0.15) is 17.9 Å². The number of benzene rings is 1. The molecular formula is C8H11ClSi. The summed E-state index contributed by atoms with van der Waals surface area (Å²) < 4.78 is 0. The minimum atomic E-state index is 0.161. The summed E-state index contributed by atoms with van der Waals surface area (Å²) in [5.41, 5.74) is 1.29. The van der Waals surface area contributed by atoms with Gasteiger partial charge in [-0.25, -0.2) is 0 Å². The third-order valence-corrected chi connectivity index (χ3v) is 2.76. The van der Waals surface area contributed by atoms with E-state index in [-0.39, 0.29) is 5.38 Å². The fourth-order valence-electron chi connectivity index (χ4n) is 1.03. The summed E-state index contributed by atoms with van der Waals surface area (Å²) in [6, 6.07) is 8.33. The molecule has 0 aliphatic rings. The third-order valence-electron chi connectivity index (χ3n) is 1.62. The van der Waals surface area contributed by atoms with Gasteiger partial charge in [0.15, 0.2) is 0 Å². The molecule has 1 rings (SSSR count). The van der Waals surface area contributed by atoms with Gasteiger partial charge in [0.25, 0.3) is 0 Å². The molecule has 1 atom stereocenters. The van der Waals surface area contributed by atoms with Crippen molar-refractivity contribution in [2.75, 3.05) is 0 Å². The standard InChI is InChI=1S/C8H11ClSi/c1-6(9)7-4-2-3-5-8(7)10/h2-6H,1,10H3. The Hall–Kier alpha value is -0.273. The van der Waals surface area contributed by atoms with Crippen molar-refractivity contribution in [3.05, 3.63) is 29.8 Å². The zero-order valence-electron chi connectivity index (χ0n) is 6.26. The Morgan fingerprint density at radius 1 is 1.40 bits per heavy atom. The first kappa shape index (κ1) is 7.83. The van der Waals surface area contributed by atoms with Crippen LogP contribution in [0.4, 0.5) is 0 Å². The van der Waals surface area contributed by atoms with Gasteiger partial charge in [-0.15, -0.1) is 11.6 Å². The Balaban J connectivity index is 3.03. The van der Waals surface area contributed by atoms with Gasteiger partial charge in [-0.05, 0) is 12.5 Å². The summed E-state index contributed by atoms with van der Waals surface area (Å²) in [4.78, 5) is 0. The minimum Gasteiger partial charge on any atom is -0.118 e. The summed E-state index contributed by atoms with van der Waals surface area (Å²) in [6.45, 7) is 2.01. The smallest absolute Gasteiger partial charge is 0.0555 e. The zero-order valence-corrected chi connectivity index (χ0v) is 9.02. The first-order valence-corrected chi connectivity index (χ1v) is 4.85. The summed E-state index contributed by atoms with van der Waals surface area (Å²) in [5, 5.41) is 1.57. The van der Waals surface area contributed by atoms with E-state index in [1.807, 2.05) is 13.0 Å². The van der Waals surface area contributed by atoms with Gasteiger partial charge < -0.3 is 0 Å². The first-order chi connectivity index (χ1) is 4.72. The minimum absolute atomic E-state index is 0.161. The molecular weight excluding hydrogens is 160 g/mol. The maximum Gasteiger partial charge on any atom is 0.0555 e. The van der Waals surface area contributed by atoms with Crippen LogP contribution in [0.3, 0.4) is 0 Å². The summed E-state index contributed by atoms with van der Waals surface area (Å²) in [5.74, 6) is 0. The van der Waals surface area contributed by atoms with Gasteiger partial charge in [0.2, 0.25) is 0 Å². The summed E-state index contributed by atoms with van der Waals surface area (Å²) in [7, 11) is 1.09. The highest BCUT2D eigenvalue weighted by Crippen LogP contribution is 2.15. The Morgan fingerprint density at radius 2 is 2.00 bits per heavy atom. The highest BCUT2D eigenvalue weighted by molar-refractivity contribution is 6.34. The maximum atomic E-state index is 5.93. The number of hydrogen-bond donors (Lipinski definition) is 0. The molecule has 54 valence electrons. The molecule has 0 radical (unpaired) electrons. The van der Waals surface area contributed by atoms with Gasteiger partial charge in [0.1, 0.15) is 0 Å². The Labute approximate surface area is 69.6 Å². The lowest BCUT2D eigenvalue weighted by atomic mass is 10.2. The molecule has 0 fully saturated rings. The molecule has 0 saturated carbocycles. The monoisotopic (exact) mass is 170 g/mol. The topological polar surface area (TPSA) is 0 Å². The quantitative estimate of drug-likeness (QED) is 0.436. The van der Waals surface area contributed by atoms with Crippen LogP contribution in [0.25, 0.3) is 0 Å². The lowest BCUT2D eigenvalue weighted by Gasteiger charge is -2.05. The van der Waals surface area contributed by atoms with Crippen molar-refractivity contribution in [1.29, 1.82) is 0 Å². The van der Waals surface area contributed by atoms with Crippen molar-refractivity contribution < 1.29 is 0 Å². The Bertz CT molecular complexity index is 220. The first-order valence-electron chi connectivity index (χ1n) is 3.41. The maximum absolute atomic E-state index is 5.93. The van der Waals surface area contributed by atoms with Gasteiger partial charge >= 0.3 is 0 Å². The number of halogens is 1. The predicted octanol–water partition coefficient (Wildman–Crippen LogP) is 0.977. The van der Waals surface area contributed by atoms with Crippen molar-refractivity contribution in [3.63, 3.8) is 0 Å². The fourth-order valence-corrected chi connectivity index (χ4v) is 2.25. The average molecular weight is 171 g/mol. The molecule has 0 aromatic heterocycles. The predicted molar refractivity (Wildman–Crippen MR) is 50.3 cm³/mol. The van der Waals surface area contributed by atoms with Gasteiger partial charge in [0, 0.05) is 10.2 Å². The van der Waals surface area contributed by atoms with Crippen LogP contribution in [0.15, 0.2) is 24.3 Å². The fraction of sp³-hybridized carbons (Fsp3) is 0.250. The molecule has 0 N–H and O–H groups in total. The van der Waals surface area contributed by atoms with Crippen LogP contribution >= 0.6 is 11.6 Å². The summed E-state index contributed by atoms with van der Waals surface area (Å²) >= 11 is 5.93. The Morgan fingerprint density at radius 3 is 2.40 bits per heavy atom. The van der Waals surface area contributed by atoms with E-state index in [1.54, 1.807) is 0 Å². The summed E-state index contributed by atoms with van der Waals surface area (Å²) in [6.07, 6.45) is 0. The number of alkyl halides is 1.